The Bertz CT molecular complexity index is 714. The van der Waals surface area contributed by atoms with Crippen LogP contribution in [0.3, 0.4) is 0 Å². The predicted molar refractivity (Wildman–Crippen MR) is 110 cm³/mol. The number of thiophene rings is 1. The summed E-state index contributed by atoms with van der Waals surface area (Å²) < 4.78 is 0. The van der Waals surface area contributed by atoms with Gasteiger partial charge < -0.3 is 5.11 Å². The SMILES string of the molecule is O[C@]1(c2cccs2)CC[C@H](CCN2CC=C(c3ccccc3)CC2)CC1. The third kappa shape index (κ3) is 4.11. The lowest BCUT2D eigenvalue weighted by atomic mass is 9.77. The normalized spacial score (nSPS) is 27.3. The molecule has 0 radical (unpaired) electrons. The van der Waals surface area contributed by atoms with Crippen LogP contribution in [0.1, 0.15) is 49.0 Å². The van der Waals surface area contributed by atoms with E-state index in [1.54, 1.807) is 11.3 Å². The number of aliphatic hydroxyl groups is 1. The van der Waals surface area contributed by atoms with E-state index in [1.165, 1.54) is 30.6 Å². The van der Waals surface area contributed by atoms with Crippen molar-refractivity contribution in [3.8, 4) is 0 Å². The summed E-state index contributed by atoms with van der Waals surface area (Å²) in [4.78, 5) is 3.75. The predicted octanol–water partition coefficient (Wildman–Crippen LogP) is 5.31. The maximum Gasteiger partial charge on any atom is 0.0988 e. The second-order valence-electron chi connectivity index (χ2n) is 7.89. The zero-order valence-electron chi connectivity index (χ0n) is 15.4. The molecule has 138 valence electrons. The molecule has 2 nitrogen and oxygen atoms in total. The third-order valence-corrected chi connectivity index (χ3v) is 7.27. The molecule has 1 aliphatic heterocycles. The number of hydrogen-bond donors (Lipinski definition) is 1. The van der Waals surface area contributed by atoms with Crippen LogP contribution < -0.4 is 0 Å². The molecular weight excluding hydrogens is 338 g/mol. The Labute approximate surface area is 161 Å². The largest absolute Gasteiger partial charge is 0.384 e. The van der Waals surface area contributed by atoms with Crippen LogP contribution in [0.15, 0.2) is 53.9 Å². The number of hydrogen-bond acceptors (Lipinski definition) is 3. The van der Waals surface area contributed by atoms with E-state index >= 15 is 0 Å². The molecule has 0 saturated heterocycles. The van der Waals surface area contributed by atoms with Crippen molar-refractivity contribution in [1.29, 1.82) is 0 Å². The van der Waals surface area contributed by atoms with E-state index in [0.717, 1.165) is 49.4 Å². The molecule has 1 aromatic carbocycles. The summed E-state index contributed by atoms with van der Waals surface area (Å²) in [7, 11) is 0. The highest BCUT2D eigenvalue weighted by Crippen LogP contribution is 2.42. The van der Waals surface area contributed by atoms with Crippen LogP contribution in [0.5, 0.6) is 0 Å². The number of benzene rings is 1. The fourth-order valence-electron chi connectivity index (χ4n) is 4.43. The van der Waals surface area contributed by atoms with Gasteiger partial charge in [0, 0.05) is 18.0 Å². The maximum atomic E-state index is 10.9. The van der Waals surface area contributed by atoms with E-state index in [9.17, 15) is 5.11 Å². The average molecular weight is 368 g/mol. The van der Waals surface area contributed by atoms with E-state index in [0.29, 0.717) is 0 Å². The van der Waals surface area contributed by atoms with Crippen LogP contribution in [0, 0.1) is 5.92 Å². The molecule has 4 rings (SSSR count). The minimum Gasteiger partial charge on any atom is -0.384 e. The molecule has 3 heteroatoms. The molecule has 0 bridgehead atoms. The van der Waals surface area contributed by atoms with E-state index in [-0.39, 0.29) is 0 Å². The average Bonchev–Trinajstić information content (AvgIpc) is 3.25. The van der Waals surface area contributed by atoms with Gasteiger partial charge in [-0.25, -0.2) is 0 Å². The summed E-state index contributed by atoms with van der Waals surface area (Å²) in [6.45, 7) is 3.45. The first-order valence-electron chi connectivity index (χ1n) is 9.96. The summed E-state index contributed by atoms with van der Waals surface area (Å²) in [5.41, 5.74) is 2.33. The first-order chi connectivity index (χ1) is 12.7. The van der Waals surface area contributed by atoms with Crippen LogP contribution in [-0.4, -0.2) is 29.6 Å². The van der Waals surface area contributed by atoms with E-state index in [1.807, 2.05) is 0 Å². The summed E-state index contributed by atoms with van der Waals surface area (Å²) in [6, 6.07) is 14.9. The first-order valence-corrected chi connectivity index (χ1v) is 10.8. The van der Waals surface area contributed by atoms with Gasteiger partial charge in [0.05, 0.1) is 5.60 Å². The molecule has 2 heterocycles. The molecule has 2 aliphatic rings. The van der Waals surface area contributed by atoms with Crippen LogP contribution in [-0.2, 0) is 5.60 Å². The van der Waals surface area contributed by atoms with Gasteiger partial charge >= 0.3 is 0 Å². The fraction of sp³-hybridized carbons (Fsp3) is 0.478. The highest BCUT2D eigenvalue weighted by Gasteiger charge is 2.35. The molecule has 1 N–H and O–H groups in total. The number of rotatable bonds is 5. The second-order valence-corrected chi connectivity index (χ2v) is 8.83. The highest BCUT2D eigenvalue weighted by atomic mass is 32.1. The van der Waals surface area contributed by atoms with E-state index in [4.69, 9.17) is 0 Å². The van der Waals surface area contributed by atoms with Gasteiger partial charge in [0.15, 0.2) is 0 Å². The van der Waals surface area contributed by atoms with Gasteiger partial charge in [-0.05, 0) is 73.6 Å². The molecule has 1 saturated carbocycles. The Hall–Kier alpha value is -1.42. The van der Waals surface area contributed by atoms with Crippen molar-refractivity contribution >= 4 is 16.9 Å². The summed E-state index contributed by atoms with van der Waals surface area (Å²) in [5, 5.41) is 13.0. The van der Waals surface area contributed by atoms with Crippen molar-refractivity contribution < 1.29 is 5.11 Å². The molecule has 0 atom stereocenters. The molecular formula is C23H29NOS. The summed E-state index contributed by atoms with van der Waals surface area (Å²) in [5.74, 6) is 0.773. The van der Waals surface area contributed by atoms with Gasteiger partial charge in [0.2, 0.25) is 0 Å². The van der Waals surface area contributed by atoms with Gasteiger partial charge in [-0.2, -0.15) is 0 Å². The Kier molecular flexibility index (Phi) is 5.58. The minimum absolute atomic E-state index is 0.552. The Morgan fingerprint density at radius 2 is 1.88 bits per heavy atom. The second kappa shape index (κ2) is 8.08. The molecule has 1 fully saturated rings. The molecule has 2 aromatic rings. The summed E-state index contributed by atoms with van der Waals surface area (Å²) >= 11 is 1.70. The molecule has 26 heavy (non-hydrogen) atoms. The zero-order valence-corrected chi connectivity index (χ0v) is 16.3. The van der Waals surface area contributed by atoms with Gasteiger partial charge in [-0.3, -0.25) is 4.90 Å². The van der Waals surface area contributed by atoms with Crippen molar-refractivity contribution in [3.63, 3.8) is 0 Å². The lowest BCUT2D eigenvalue weighted by Gasteiger charge is -2.36. The monoisotopic (exact) mass is 367 g/mol. The molecule has 1 aliphatic carbocycles. The maximum absolute atomic E-state index is 10.9. The Morgan fingerprint density at radius 1 is 1.08 bits per heavy atom. The molecule has 0 unspecified atom stereocenters. The zero-order chi connectivity index (χ0) is 17.8. The Balaban J connectivity index is 1.23. The molecule has 1 aromatic heterocycles. The van der Waals surface area contributed by atoms with Crippen LogP contribution in [0.2, 0.25) is 0 Å². The minimum atomic E-state index is -0.552. The fourth-order valence-corrected chi connectivity index (χ4v) is 5.31. The van der Waals surface area contributed by atoms with Crippen molar-refractivity contribution in [1.82, 2.24) is 4.90 Å². The van der Waals surface area contributed by atoms with Crippen molar-refractivity contribution in [2.45, 2.75) is 44.1 Å². The Morgan fingerprint density at radius 3 is 2.54 bits per heavy atom. The van der Waals surface area contributed by atoms with Crippen LogP contribution in [0.25, 0.3) is 5.57 Å². The highest BCUT2D eigenvalue weighted by molar-refractivity contribution is 7.10. The van der Waals surface area contributed by atoms with Gasteiger partial charge in [-0.15, -0.1) is 11.3 Å². The van der Waals surface area contributed by atoms with Gasteiger partial charge in [0.1, 0.15) is 0 Å². The van der Waals surface area contributed by atoms with E-state index in [2.05, 4.69) is 58.8 Å². The van der Waals surface area contributed by atoms with Gasteiger partial charge in [-0.1, -0.05) is 42.5 Å². The lowest BCUT2D eigenvalue weighted by molar-refractivity contribution is -0.0129. The van der Waals surface area contributed by atoms with Crippen molar-refractivity contribution in [2.75, 3.05) is 19.6 Å². The molecule has 0 amide bonds. The van der Waals surface area contributed by atoms with Crippen LogP contribution in [0.4, 0.5) is 0 Å². The van der Waals surface area contributed by atoms with Crippen LogP contribution >= 0.6 is 11.3 Å². The lowest BCUT2D eigenvalue weighted by Crippen LogP contribution is -2.34. The van der Waals surface area contributed by atoms with E-state index < -0.39 is 5.60 Å². The summed E-state index contributed by atoms with van der Waals surface area (Å²) in [6.07, 6.45) is 9.02. The third-order valence-electron chi connectivity index (χ3n) is 6.20. The van der Waals surface area contributed by atoms with Crippen molar-refractivity contribution in [2.24, 2.45) is 5.92 Å². The van der Waals surface area contributed by atoms with Gasteiger partial charge in [0.25, 0.3) is 0 Å². The van der Waals surface area contributed by atoms with Crippen molar-refractivity contribution in [3.05, 3.63) is 64.4 Å². The molecule has 0 spiro atoms. The first kappa shape index (κ1) is 18.0. The number of nitrogens with zero attached hydrogens (tertiary/aromatic N) is 1. The quantitative estimate of drug-likeness (QED) is 0.774. The standard InChI is InChI=1S/C23H29NOS/c25-23(22-7-4-18-26-22)13-8-19(9-14-23)10-15-24-16-11-21(12-17-24)20-5-2-1-3-6-20/h1-7,11,18-19,25H,8-10,12-17H2/t19-,23+. The topological polar surface area (TPSA) is 23.5 Å². The smallest absolute Gasteiger partial charge is 0.0988 e.